The molecule has 2 aliphatic rings. The van der Waals surface area contributed by atoms with E-state index >= 15 is 0 Å². The minimum absolute atomic E-state index is 0.00598. The summed E-state index contributed by atoms with van der Waals surface area (Å²) >= 11 is 0.982. The van der Waals surface area contributed by atoms with E-state index in [9.17, 15) is 14.4 Å². The third-order valence-corrected chi connectivity index (χ3v) is 6.47. The zero-order valence-corrected chi connectivity index (χ0v) is 18.2. The molecule has 1 N–H and O–H groups in total. The van der Waals surface area contributed by atoms with E-state index in [0.717, 1.165) is 41.1 Å². The van der Waals surface area contributed by atoms with E-state index < -0.39 is 0 Å². The van der Waals surface area contributed by atoms with Gasteiger partial charge in [0.1, 0.15) is 6.54 Å². The quantitative estimate of drug-likeness (QED) is 0.697. The number of carbonyl (C=O) groups is 3. The number of carbonyl (C=O) groups excluding carboxylic acids is 3. The van der Waals surface area contributed by atoms with Gasteiger partial charge in [0.2, 0.25) is 5.91 Å². The number of nitrogens with zero attached hydrogens (tertiary/aromatic N) is 2. The summed E-state index contributed by atoms with van der Waals surface area (Å²) in [5, 5.41) is 3.86. The molecule has 0 unspecified atom stereocenters. The van der Waals surface area contributed by atoms with Gasteiger partial charge >= 0.3 is 0 Å². The van der Waals surface area contributed by atoms with Crippen LogP contribution in [0.25, 0.3) is 17.0 Å². The molecule has 158 valence electrons. The van der Waals surface area contributed by atoms with Crippen molar-refractivity contribution >= 4 is 45.8 Å². The van der Waals surface area contributed by atoms with Crippen LogP contribution in [-0.2, 0) is 16.1 Å². The average molecular weight is 426 g/mol. The molecule has 1 saturated carbocycles. The monoisotopic (exact) mass is 425 g/mol. The Labute approximate surface area is 180 Å². The Hall–Kier alpha value is -2.54. The fourth-order valence-corrected chi connectivity index (χ4v) is 5.02. The summed E-state index contributed by atoms with van der Waals surface area (Å²) in [5.74, 6) is -0.0147. The first-order valence-electron chi connectivity index (χ1n) is 10.5. The molecule has 1 aromatic carbocycles. The average Bonchev–Trinajstić information content (AvgIpc) is 3.39. The van der Waals surface area contributed by atoms with Crippen molar-refractivity contribution in [2.45, 2.75) is 52.1 Å². The highest BCUT2D eigenvalue weighted by molar-refractivity contribution is 8.18. The van der Waals surface area contributed by atoms with E-state index in [0.29, 0.717) is 11.4 Å². The lowest BCUT2D eigenvalue weighted by Crippen LogP contribution is -2.35. The Balaban J connectivity index is 1.59. The molecule has 1 saturated heterocycles. The predicted molar refractivity (Wildman–Crippen MR) is 120 cm³/mol. The normalized spacial score (nSPS) is 19.0. The molecule has 0 radical (unpaired) electrons. The van der Waals surface area contributed by atoms with Crippen LogP contribution in [0.3, 0.4) is 0 Å². The molecular formula is C23H27N3O3S. The number of fused-ring (bicyclic) bond motifs is 1. The number of para-hydroxylation sites is 1. The van der Waals surface area contributed by atoms with Crippen LogP contribution in [0.2, 0.25) is 0 Å². The molecular weight excluding hydrogens is 398 g/mol. The van der Waals surface area contributed by atoms with E-state index in [4.69, 9.17) is 0 Å². The first-order valence-corrected chi connectivity index (χ1v) is 11.4. The van der Waals surface area contributed by atoms with Gasteiger partial charge < -0.3 is 9.88 Å². The Morgan fingerprint density at radius 3 is 2.70 bits per heavy atom. The van der Waals surface area contributed by atoms with Crippen molar-refractivity contribution in [1.82, 2.24) is 14.8 Å². The fourth-order valence-electron chi connectivity index (χ4n) is 4.18. The molecule has 0 spiro atoms. The van der Waals surface area contributed by atoms with Crippen LogP contribution in [0.5, 0.6) is 0 Å². The molecule has 6 nitrogen and oxygen atoms in total. The highest BCUT2D eigenvalue weighted by Gasteiger charge is 2.35. The number of benzene rings is 1. The van der Waals surface area contributed by atoms with Gasteiger partial charge in [-0.25, -0.2) is 0 Å². The molecule has 0 atom stereocenters. The Morgan fingerprint density at radius 1 is 1.23 bits per heavy atom. The van der Waals surface area contributed by atoms with Crippen LogP contribution in [0.4, 0.5) is 4.79 Å². The summed E-state index contributed by atoms with van der Waals surface area (Å²) in [6.45, 7) is 4.62. The molecule has 2 fully saturated rings. The van der Waals surface area contributed by atoms with E-state index in [1.807, 2.05) is 48.9 Å². The van der Waals surface area contributed by atoms with E-state index in [1.54, 1.807) is 6.08 Å². The maximum atomic E-state index is 12.7. The van der Waals surface area contributed by atoms with Crippen molar-refractivity contribution in [3.05, 3.63) is 40.9 Å². The van der Waals surface area contributed by atoms with E-state index in [-0.39, 0.29) is 35.6 Å². The second kappa shape index (κ2) is 8.68. The maximum absolute atomic E-state index is 12.7. The summed E-state index contributed by atoms with van der Waals surface area (Å²) in [5.41, 5.74) is 1.78. The molecule has 30 heavy (non-hydrogen) atoms. The molecule has 1 aliphatic heterocycles. The van der Waals surface area contributed by atoms with Gasteiger partial charge in [0.25, 0.3) is 11.1 Å². The number of thioether (sulfide) groups is 1. The topological polar surface area (TPSA) is 71.4 Å². The second-order valence-electron chi connectivity index (χ2n) is 8.46. The molecule has 2 aromatic rings. The first kappa shape index (κ1) is 20.7. The number of nitrogens with one attached hydrogen (secondary N) is 1. The van der Waals surface area contributed by atoms with Crippen LogP contribution >= 0.6 is 11.8 Å². The summed E-state index contributed by atoms with van der Waals surface area (Å²) in [6, 6.07) is 8.11. The van der Waals surface area contributed by atoms with Crippen LogP contribution in [0.1, 0.15) is 45.1 Å². The van der Waals surface area contributed by atoms with Crippen molar-refractivity contribution in [3.63, 3.8) is 0 Å². The van der Waals surface area contributed by atoms with Crippen LogP contribution in [0.15, 0.2) is 35.4 Å². The standard InChI is InChI=1S/C23H27N3O3S/c1-15(2)12-26-22(28)20(30-23(26)29)11-16-13-25(19-10-6-5-9-18(16)19)14-21(27)24-17-7-3-4-8-17/h5-6,9-11,13,15,17H,3-4,7-8,12,14H2,1-2H3,(H,24,27). The third-order valence-electron chi connectivity index (χ3n) is 5.56. The van der Waals surface area contributed by atoms with Crippen molar-refractivity contribution in [1.29, 1.82) is 0 Å². The largest absolute Gasteiger partial charge is 0.352 e. The van der Waals surface area contributed by atoms with Gasteiger partial charge in [-0.3, -0.25) is 19.3 Å². The third kappa shape index (κ3) is 4.31. The highest BCUT2D eigenvalue weighted by Crippen LogP contribution is 2.34. The zero-order chi connectivity index (χ0) is 21.3. The number of hydrogen-bond acceptors (Lipinski definition) is 4. The second-order valence-corrected chi connectivity index (χ2v) is 9.46. The summed E-state index contributed by atoms with van der Waals surface area (Å²) in [6.07, 6.45) is 8.13. The van der Waals surface area contributed by atoms with Crippen LogP contribution in [0, 0.1) is 5.92 Å². The van der Waals surface area contributed by atoms with Crippen molar-refractivity contribution in [2.75, 3.05) is 6.54 Å². The van der Waals surface area contributed by atoms with Gasteiger partial charge in [-0.15, -0.1) is 0 Å². The first-order chi connectivity index (χ1) is 14.4. The predicted octanol–water partition coefficient (Wildman–Crippen LogP) is 4.39. The summed E-state index contributed by atoms with van der Waals surface area (Å²) < 4.78 is 1.92. The molecule has 2 heterocycles. The highest BCUT2D eigenvalue weighted by atomic mass is 32.2. The number of rotatable bonds is 6. The SMILES string of the molecule is CC(C)CN1C(=O)SC(=Cc2cn(CC(=O)NC3CCCC3)c3ccccc23)C1=O. The number of aromatic nitrogens is 1. The van der Waals surface area contributed by atoms with Crippen molar-refractivity contribution in [2.24, 2.45) is 5.92 Å². The van der Waals surface area contributed by atoms with E-state index in [2.05, 4.69) is 5.32 Å². The Morgan fingerprint density at radius 2 is 1.97 bits per heavy atom. The fraction of sp³-hybridized carbons (Fsp3) is 0.435. The lowest BCUT2D eigenvalue weighted by Gasteiger charge is -2.14. The summed E-state index contributed by atoms with van der Waals surface area (Å²) in [7, 11) is 0. The van der Waals surface area contributed by atoms with Gasteiger partial charge in [0.05, 0.1) is 4.91 Å². The van der Waals surface area contributed by atoms with Crippen molar-refractivity contribution < 1.29 is 14.4 Å². The van der Waals surface area contributed by atoms with Gasteiger partial charge in [0.15, 0.2) is 0 Å². The summed E-state index contributed by atoms with van der Waals surface area (Å²) in [4.78, 5) is 39.3. The number of amides is 3. The maximum Gasteiger partial charge on any atom is 0.293 e. The van der Waals surface area contributed by atoms with Gasteiger partial charge in [-0.05, 0) is 42.7 Å². The lowest BCUT2D eigenvalue weighted by atomic mass is 10.1. The van der Waals surface area contributed by atoms with Crippen LogP contribution < -0.4 is 5.32 Å². The number of hydrogen-bond donors (Lipinski definition) is 1. The van der Waals surface area contributed by atoms with Gasteiger partial charge in [-0.2, -0.15) is 0 Å². The molecule has 1 aromatic heterocycles. The van der Waals surface area contributed by atoms with Gasteiger partial charge in [-0.1, -0.05) is 44.9 Å². The Kier molecular flexibility index (Phi) is 5.99. The molecule has 1 aliphatic carbocycles. The molecule has 3 amide bonds. The van der Waals surface area contributed by atoms with Gasteiger partial charge in [0, 0.05) is 35.2 Å². The molecule has 4 rings (SSSR count). The number of imide groups is 1. The smallest absolute Gasteiger partial charge is 0.293 e. The molecule has 0 bridgehead atoms. The van der Waals surface area contributed by atoms with E-state index in [1.165, 1.54) is 17.7 Å². The zero-order valence-electron chi connectivity index (χ0n) is 17.4. The lowest BCUT2D eigenvalue weighted by molar-refractivity contribution is -0.123. The van der Waals surface area contributed by atoms with Crippen LogP contribution in [-0.4, -0.2) is 39.1 Å². The molecule has 7 heteroatoms. The minimum atomic E-state index is -0.241. The van der Waals surface area contributed by atoms with Crippen molar-refractivity contribution in [3.8, 4) is 0 Å². The Bertz CT molecular complexity index is 1020. The minimum Gasteiger partial charge on any atom is -0.352 e.